The van der Waals surface area contributed by atoms with Gasteiger partial charge in [0.15, 0.2) is 5.16 Å². The van der Waals surface area contributed by atoms with Gasteiger partial charge in [-0.3, -0.25) is 4.90 Å². The minimum absolute atomic E-state index is 0.540. The Kier molecular flexibility index (Phi) is 3.63. The quantitative estimate of drug-likeness (QED) is 0.472. The maximum atomic E-state index is 6.06. The Morgan fingerprint density at radius 2 is 2.22 bits per heavy atom. The van der Waals surface area contributed by atoms with Crippen molar-refractivity contribution in [1.82, 2.24) is 14.9 Å². The number of fused-ring (bicyclic) bond motifs is 1. The van der Waals surface area contributed by atoms with Crippen molar-refractivity contribution in [3.63, 3.8) is 0 Å². The van der Waals surface area contributed by atoms with Crippen molar-refractivity contribution in [1.29, 1.82) is 0 Å². The summed E-state index contributed by atoms with van der Waals surface area (Å²) in [5.74, 6) is 0.978. The van der Waals surface area contributed by atoms with E-state index >= 15 is 0 Å². The number of thioether (sulfide) groups is 1. The molecule has 98 valence electrons. The van der Waals surface area contributed by atoms with E-state index in [0.717, 1.165) is 30.6 Å². The molecule has 2 saturated heterocycles. The molecule has 0 aliphatic carbocycles. The lowest BCUT2D eigenvalue weighted by molar-refractivity contribution is 0.230. The van der Waals surface area contributed by atoms with Crippen LogP contribution in [0.1, 0.15) is 12.8 Å². The number of hydrogen-bond acceptors (Lipinski definition) is 5. The molecule has 1 unspecified atom stereocenters. The minimum atomic E-state index is 0.540. The van der Waals surface area contributed by atoms with Crippen molar-refractivity contribution >= 4 is 29.2 Å². The number of piperazine rings is 1. The predicted octanol–water partition coefficient (Wildman–Crippen LogP) is 2.14. The van der Waals surface area contributed by atoms with Crippen molar-refractivity contribution in [3.05, 3.63) is 11.2 Å². The predicted molar refractivity (Wildman–Crippen MR) is 75.6 cm³/mol. The third kappa shape index (κ3) is 2.44. The molecule has 0 saturated carbocycles. The van der Waals surface area contributed by atoms with Gasteiger partial charge in [-0.25, -0.2) is 9.97 Å². The summed E-state index contributed by atoms with van der Waals surface area (Å²) < 4.78 is 0. The van der Waals surface area contributed by atoms with Crippen molar-refractivity contribution in [2.24, 2.45) is 0 Å². The normalized spacial score (nSPS) is 24.3. The molecule has 0 bridgehead atoms. The van der Waals surface area contributed by atoms with Gasteiger partial charge in [0.05, 0.1) is 0 Å². The van der Waals surface area contributed by atoms with Crippen LogP contribution in [0.25, 0.3) is 0 Å². The fourth-order valence-electron chi connectivity index (χ4n) is 2.84. The van der Waals surface area contributed by atoms with Gasteiger partial charge in [-0.2, -0.15) is 0 Å². The molecule has 2 fully saturated rings. The molecule has 1 aromatic rings. The molecule has 0 radical (unpaired) electrons. The maximum absolute atomic E-state index is 6.06. The van der Waals surface area contributed by atoms with E-state index in [-0.39, 0.29) is 0 Å². The first kappa shape index (κ1) is 12.5. The van der Waals surface area contributed by atoms with Crippen LogP contribution in [0.2, 0.25) is 5.15 Å². The third-order valence-corrected chi connectivity index (χ3v) is 4.50. The second kappa shape index (κ2) is 5.23. The van der Waals surface area contributed by atoms with Crippen LogP contribution in [0.3, 0.4) is 0 Å². The standard InChI is InChI=1S/C12H17ClN4S/c1-18-12-14-10(13)7-11(15-12)17-6-5-16-4-2-3-9(16)8-17/h7,9H,2-6,8H2,1H3. The van der Waals surface area contributed by atoms with Gasteiger partial charge < -0.3 is 4.90 Å². The fourth-order valence-corrected chi connectivity index (χ4v) is 3.44. The largest absolute Gasteiger partial charge is 0.354 e. The second-order valence-corrected chi connectivity index (χ2v) is 5.97. The van der Waals surface area contributed by atoms with Crippen molar-refractivity contribution in [2.75, 3.05) is 37.3 Å². The Morgan fingerprint density at radius 1 is 1.33 bits per heavy atom. The molecule has 1 aromatic heterocycles. The van der Waals surface area contributed by atoms with Gasteiger partial charge in [-0.15, -0.1) is 0 Å². The molecular formula is C12H17ClN4S. The molecule has 6 heteroatoms. The first-order valence-corrected chi connectivity index (χ1v) is 7.94. The number of anilines is 1. The lowest BCUT2D eigenvalue weighted by Gasteiger charge is -2.38. The Labute approximate surface area is 117 Å². The van der Waals surface area contributed by atoms with Crippen molar-refractivity contribution < 1.29 is 0 Å². The zero-order valence-corrected chi connectivity index (χ0v) is 12.0. The van der Waals surface area contributed by atoms with Crippen LogP contribution in [0.15, 0.2) is 11.2 Å². The monoisotopic (exact) mass is 284 g/mol. The minimum Gasteiger partial charge on any atom is -0.354 e. The average molecular weight is 285 g/mol. The third-order valence-electron chi connectivity index (χ3n) is 3.75. The Bertz CT molecular complexity index is 442. The van der Waals surface area contributed by atoms with E-state index < -0.39 is 0 Å². The lowest BCUT2D eigenvalue weighted by atomic mass is 10.1. The summed E-state index contributed by atoms with van der Waals surface area (Å²) in [5, 5.41) is 1.30. The van der Waals surface area contributed by atoms with Crippen LogP contribution in [0, 0.1) is 0 Å². The van der Waals surface area contributed by atoms with E-state index in [9.17, 15) is 0 Å². The number of aromatic nitrogens is 2. The molecule has 4 nitrogen and oxygen atoms in total. The zero-order valence-electron chi connectivity index (χ0n) is 10.5. The summed E-state index contributed by atoms with van der Waals surface area (Å²) in [5.41, 5.74) is 0. The first-order valence-electron chi connectivity index (χ1n) is 6.34. The topological polar surface area (TPSA) is 32.3 Å². The molecule has 0 spiro atoms. The van der Waals surface area contributed by atoms with Gasteiger partial charge in [-0.05, 0) is 25.6 Å². The molecule has 0 amide bonds. The summed E-state index contributed by atoms with van der Waals surface area (Å²) in [6.07, 6.45) is 4.62. The van der Waals surface area contributed by atoms with Crippen LogP contribution >= 0.6 is 23.4 Å². The van der Waals surface area contributed by atoms with E-state index in [2.05, 4.69) is 19.8 Å². The number of nitrogens with zero attached hydrogens (tertiary/aromatic N) is 4. The number of halogens is 1. The Hall–Kier alpha value is -0.520. The second-order valence-electron chi connectivity index (χ2n) is 4.81. The number of hydrogen-bond donors (Lipinski definition) is 0. The highest BCUT2D eigenvalue weighted by Crippen LogP contribution is 2.26. The fraction of sp³-hybridized carbons (Fsp3) is 0.667. The van der Waals surface area contributed by atoms with Gasteiger partial charge in [0.25, 0.3) is 0 Å². The average Bonchev–Trinajstić information content (AvgIpc) is 2.85. The van der Waals surface area contributed by atoms with Crippen LogP contribution in [-0.2, 0) is 0 Å². The van der Waals surface area contributed by atoms with Gasteiger partial charge in [0.1, 0.15) is 11.0 Å². The van der Waals surface area contributed by atoms with E-state index in [1.165, 1.54) is 31.1 Å². The summed E-state index contributed by atoms with van der Waals surface area (Å²) in [4.78, 5) is 13.7. The van der Waals surface area contributed by atoms with Crippen LogP contribution in [0.5, 0.6) is 0 Å². The molecular weight excluding hydrogens is 268 g/mol. The molecule has 18 heavy (non-hydrogen) atoms. The zero-order chi connectivity index (χ0) is 12.5. The van der Waals surface area contributed by atoms with Crippen molar-refractivity contribution in [2.45, 2.75) is 24.0 Å². The van der Waals surface area contributed by atoms with E-state index in [1.807, 2.05) is 12.3 Å². The van der Waals surface area contributed by atoms with Gasteiger partial charge in [-0.1, -0.05) is 23.4 Å². The SMILES string of the molecule is CSc1nc(Cl)cc(N2CCN3CCCC3C2)n1. The molecule has 0 N–H and O–H groups in total. The lowest BCUT2D eigenvalue weighted by Crippen LogP contribution is -2.50. The summed E-state index contributed by atoms with van der Waals surface area (Å²) >= 11 is 7.59. The van der Waals surface area contributed by atoms with Crippen LogP contribution < -0.4 is 4.90 Å². The highest BCUT2D eigenvalue weighted by Gasteiger charge is 2.31. The number of rotatable bonds is 2. The van der Waals surface area contributed by atoms with Crippen LogP contribution in [-0.4, -0.2) is 53.3 Å². The van der Waals surface area contributed by atoms with E-state index in [1.54, 1.807) is 0 Å². The molecule has 2 aliphatic rings. The summed E-state index contributed by atoms with van der Waals surface area (Å²) in [6, 6.07) is 2.58. The van der Waals surface area contributed by atoms with Gasteiger partial charge in [0.2, 0.25) is 0 Å². The summed E-state index contributed by atoms with van der Waals surface area (Å²) in [6.45, 7) is 4.51. The molecule has 3 rings (SSSR count). The highest BCUT2D eigenvalue weighted by molar-refractivity contribution is 7.98. The molecule has 2 aliphatic heterocycles. The molecule has 0 aromatic carbocycles. The molecule has 3 heterocycles. The highest BCUT2D eigenvalue weighted by atomic mass is 35.5. The molecule has 1 atom stereocenters. The Balaban J connectivity index is 1.80. The van der Waals surface area contributed by atoms with Gasteiger partial charge >= 0.3 is 0 Å². The first-order chi connectivity index (χ1) is 8.76. The van der Waals surface area contributed by atoms with Crippen molar-refractivity contribution in [3.8, 4) is 0 Å². The smallest absolute Gasteiger partial charge is 0.190 e. The van der Waals surface area contributed by atoms with Crippen LogP contribution in [0.4, 0.5) is 5.82 Å². The maximum Gasteiger partial charge on any atom is 0.190 e. The Morgan fingerprint density at radius 3 is 3.06 bits per heavy atom. The summed E-state index contributed by atoms with van der Waals surface area (Å²) in [7, 11) is 0. The van der Waals surface area contributed by atoms with Gasteiger partial charge in [0, 0.05) is 31.7 Å². The van der Waals surface area contributed by atoms with E-state index in [0.29, 0.717) is 11.2 Å². The van der Waals surface area contributed by atoms with E-state index in [4.69, 9.17) is 11.6 Å².